The maximum absolute atomic E-state index is 12.4. The monoisotopic (exact) mass is 1050 g/mol. The number of carbonyl (C=O) groups is 8. The molecule has 0 aliphatic heterocycles. The minimum atomic E-state index is -0.482. The minimum absolute atomic E-state index is 0.0449. The smallest absolute Gasteiger partial charge is 0.330 e. The first-order valence-electron chi connectivity index (χ1n) is 28.0. The molecule has 75 heavy (non-hydrogen) atoms. The Labute approximate surface area is 444 Å². The molecule has 8 rings (SSSR count). The number of ether oxygens (including phenoxy) is 7. The third-order valence-electron chi connectivity index (χ3n) is 20.6. The topological polar surface area (TPSA) is 201 Å². The molecule has 6 fully saturated rings. The number of carbonyl (C=O) groups excluding carboxylic acids is 8. The lowest BCUT2D eigenvalue weighted by molar-refractivity contribution is -0.215. The second-order valence-corrected chi connectivity index (χ2v) is 24.6. The molecule has 0 unspecified atom stereocenters. The van der Waals surface area contributed by atoms with Crippen LogP contribution in [0, 0.1) is 80.8 Å². The zero-order valence-corrected chi connectivity index (χ0v) is 46.9. The van der Waals surface area contributed by atoms with Gasteiger partial charge in [-0.1, -0.05) is 70.9 Å². The fourth-order valence-electron chi connectivity index (χ4n) is 17.5. The van der Waals surface area contributed by atoms with Gasteiger partial charge in [0.25, 0.3) is 0 Å². The molecule has 0 aromatic carbocycles. The largest absolute Gasteiger partial charge is 0.463 e. The average molecular weight is 1050 g/mol. The van der Waals surface area contributed by atoms with Crippen LogP contribution in [0.5, 0.6) is 0 Å². The fraction of sp³-hybridized carbons (Fsp3) is 0.767. The summed E-state index contributed by atoms with van der Waals surface area (Å²) < 4.78 is 40.6. The first-order chi connectivity index (χ1) is 35.2. The Bertz CT molecular complexity index is 2320. The van der Waals surface area contributed by atoms with Crippen LogP contribution in [0.3, 0.4) is 0 Å². The summed E-state index contributed by atoms with van der Waals surface area (Å²) in [6.07, 6.45) is 16.6. The number of hydrogen-bond donors (Lipinski definition) is 0. The van der Waals surface area contributed by atoms with Gasteiger partial charge in [-0.15, -0.1) is 0 Å². The van der Waals surface area contributed by atoms with Crippen molar-refractivity contribution in [1.82, 2.24) is 0 Å². The maximum atomic E-state index is 12.4. The van der Waals surface area contributed by atoms with Gasteiger partial charge in [0.05, 0.1) is 6.61 Å². The Morgan fingerprint density at radius 2 is 0.933 bits per heavy atom. The SMILES string of the molecule is CC(=O)O[C@@H]1CC[C@@]2(C)[C@@H](C1)C[C@@H](OC(C)=O)[C@@H]1[C@@H]2C[C@@H](OC(C)=O)[C@]2(C)C([C@H](C)C=O)=CC[C@@H]12.CCOC(=O)/C=C/[C@@H](C)C1=CC[C@H]2[C@@H]3[C@H](OC(C)=O)C[C@@H]4C[C@H](OC(C)=O)CC[C@]4(C)[C@H]3C[C@@H](OC(C)=O)[C@]12C. The predicted molar refractivity (Wildman–Crippen MR) is 275 cm³/mol. The molecule has 8 aliphatic rings. The van der Waals surface area contributed by atoms with Gasteiger partial charge >= 0.3 is 41.8 Å². The third-order valence-corrected chi connectivity index (χ3v) is 20.6. The Morgan fingerprint density at radius 3 is 1.29 bits per heavy atom. The molecule has 0 spiro atoms. The molecule has 0 aromatic heterocycles. The Kier molecular flexibility index (Phi) is 17.5. The highest BCUT2D eigenvalue weighted by atomic mass is 16.6. The molecular weight excluding hydrogens is 961 g/mol. The van der Waals surface area contributed by atoms with Gasteiger partial charge in [0, 0.05) is 76.2 Å². The molecule has 416 valence electrons. The van der Waals surface area contributed by atoms with Gasteiger partial charge in [-0.25, -0.2) is 4.79 Å². The van der Waals surface area contributed by atoms with E-state index in [4.69, 9.17) is 33.2 Å². The molecule has 0 N–H and O–H groups in total. The van der Waals surface area contributed by atoms with Crippen molar-refractivity contribution in [3.63, 3.8) is 0 Å². The van der Waals surface area contributed by atoms with E-state index < -0.39 is 10.8 Å². The van der Waals surface area contributed by atoms with Crippen molar-refractivity contribution < 1.29 is 71.5 Å². The van der Waals surface area contributed by atoms with Crippen LogP contribution < -0.4 is 0 Å². The molecule has 0 amide bonds. The second-order valence-electron chi connectivity index (χ2n) is 24.6. The number of fused-ring (bicyclic) bond motifs is 10. The summed E-state index contributed by atoms with van der Waals surface area (Å²) in [7, 11) is 0. The lowest BCUT2D eigenvalue weighted by Crippen LogP contribution is -2.63. The predicted octanol–water partition coefficient (Wildman–Crippen LogP) is 9.75. The zero-order chi connectivity index (χ0) is 55.1. The second kappa shape index (κ2) is 22.6. The van der Waals surface area contributed by atoms with E-state index in [1.807, 2.05) is 13.0 Å². The molecular formula is C60H86O15. The number of rotatable bonds is 12. The van der Waals surface area contributed by atoms with Gasteiger partial charge in [-0.3, -0.25) is 28.8 Å². The normalized spacial score (nSPS) is 40.9. The van der Waals surface area contributed by atoms with Crippen molar-refractivity contribution in [3.8, 4) is 0 Å². The van der Waals surface area contributed by atoms with E-state index in [1.165, 1.54) is 47.6 Å². The molecule has 15 heteroatoms. The van der Waals surface area contributed by atoms with Crippen molar-refractivity contribution in [3.05, 3.63) is 35.5 Å². The molecule has 0 radical (unpaired) electrons. The van der Waals surface area contributed by atoms with Crippen molar-refractivity contribution in [2.24, 2.45) is 80.8 Å². The number of esters is 7. The molecule has 0 heterocycles. The van der Waals surface area contributed by atoms with E-state index >= 15 is 0 Å². The molecule has 0 saturated heterocycles. The summed E-state index contributed by atoms with van der Waals surface area (Å²) in [5.41, 5.74) is 1.13. The fourth-order valence-corrected chi connectivity index (χ4v) is 17.5. The van der Waals surface area contributed by atoms with Crippen LogP contribution >= 0.6 is 0 Å². The number of hydrogen-bond acceptors (Lipinski definition) is 15. The number of allylic oxidation sites excluding steroid dienone is 3. The van der Waals surface area contributed by atoms with Crippen LogP contribution in [0.2, 0.25) is 0 Å². The van der Waals surface area contributed by atoms with Crippen molar-refractivity contribution in [1.29, 1.82) is 0 Å². The molecule has 8 aliphatic carbocycles. The van der Waals surface area contributed by atoms with Crippen LogP contribution in [-0.2, 0) is 71.5 Å². The highest BCUT2D eigenvalue weighted by Crippen LogP contribution is 2.70. The van der Waals surface area contributed by atoms with Gasteiger partial charge in [0.1, 0.15) is 42.9 Å². The van der Waals surface area contributed by atoms with Crippen LogP contribution in [-0.4, -0.2) is 91.3 Å². The summed E-state index contributed by atoms with van der Waals surface area (Å²) >= 11 is 0. The summed E-state index contributed by atoms with van der Waals surface area (Å²) in [6, 6.07) is 0. The highest BCUT2D eigenvalue weighted by molar-refractivity contribution is 5.82. The van der Waals surface area contributed by atoms with Crippen LogP contribution in [0.1, 0.15) is 167 Å². The van der Waals surface area contributed by atoms with Crippen molar-refractivity contribution in [2.45, 2.75) is 204 Å². The Morgan fingerprint density at radius 1 is 0.547 bits per heavy atom. The van der Waals surface area contributed by atoms with E-state index in [0.29, 0.717) is 19.4 Å². The van der Waals surface area contributed by atoms with E-state index in [9.17, 15) is 38.4 Å². The van der Waals surface area contributed by atoms with E-state index in [0.717, 1.165) is 81.6 Å². The standard InChI is InChI=1S/C32H46O8.C28H40O7/c1-8-37-29(36)12-9-18(2)24-10-11-25-30-26(17-28(32(24,25)7)40-21(5)35)31(6)14-13-23(38-19(3)33)15-22(31)16-27(30)39-20(4)34;1-15(14-29)21-7-8-22-26-23(13-25(28(21,22)6)35-18(4)32)27(5)10-9-20(33-16(2)30)11-19(27)12-24(26)34-17(3)31/h9-10,12,18,22-23,25-28,30H,8,11,13-17H2,1-7H3;7,14-15,19-20,22-26H,8-13H2,1-6H3/b12-9+;/t18-,22+,23-,25+,26+,27-,28-,30+,31+,32-;15-,19+,20-,22+,23+,24-,25-,26+,27+,28-/m11/s1. The number of aldehydes is 1. The quantitative estimate of drug-likeness (QED) is 0.0587. The molecule has 0 aromatic rings. The maximum Gasteiger partial charge on any atom is 0.330 e. The van der Waals surface area contributed by atoms with Crippen LogP contribution in [0.4, 0.5) is 0 Å². The zero-order valence-electron chi connectivity index (χ0n) is 46.9. The summed E-state index contributed by atoms with van der Waals surface area (Å²) in [5, 5.41) is 0. The lowest BCUT2D eigenvalue weighted by atomic mass is 9.43. The minimum Gasteiger partial charge on any atom is -0.463 e. The van der Waals surface area contributed by atoms with E-state index in [1.54, 1.807) is 6.92 Å². The molecule has 0 bridgehead atoms. The Balaban J connectivity index is 0.000000221. The highest BCUT2D eigenvalue weighted by Gasteiger charge is 2.68. The van der Waals surface area contributed by atoms with Gasteiger partial charge in [0.2, 0.25) is 0 Å². The lowest BCUT2D eigenvalue weighted by Gasteiger charge is -2.63. The van der Waals surface area contributed by atoms with Gasteiger partial charge in [-0.05, 0) is 136 Å². The van der Waals surface area contributed by atoms with E-state index in [2.05, 4.69) is 46.8 Å². The van der Waals surface area contributed by atoms with Gasteiger partial charge < -0.3 is 38.0 Å². The third kappa shape index (κ3) is 11.2. The van der Waals surface area contributed by atoms with Crippen molar-refractivity contribution >= 4 is 48.1 Å². The molecule has 6 saturated carbocycles. The average Bonchev–Trinajstić information content (AvgIpc) is 3.86. The van der Waals surface area contributed by atoms with Crippen molar-refractivity contribution in [2.75, 3.05) is 6.61 Å². The summed E-state index contributed by atoms with van der Waals surface area (Å²) in [5.74, 6) is -1.20. The molecule has 15 nitrogen and oxygen atoms in total. The molecule has 20 atom stereocenters. The van der Waals surface area contributed by atoms with Gasteiger partial charge in [0.15, 0.2) is 0 Å². The summed E-state index contributed by atoms with van der Waals surface area (Å²) in [4.78, 5) is 96.5. The van der Waals surface area contributed by atoms with Crippen LogP contribution in [0.15, 0.2) is 35.5 Å². The van der Waals surface area contributed by atoms with E-state index in [-0.39, 0.29) is 148 Å². The first-order valence-corrected chi connectivity index (χ1v) is 28.0. The summed E-state index contributed by atoms with van der Waals surface area (Å²) in [6.45, 7) is 23.8. The van der Waals surface area contributed by atoms with Crippen LogP contribution in [0.25, 0.3) is 0 Å². The van der Waals surface area contributed by atoms with Gasteiger partial charge in [-0.2, -0.15) is 0 Å². The Hall–Kier alpha value is -4.82. The first kappa shape index (κ1) is 57.9.